The Kier molecular flexibility index (Phi) is 6.57. The Bertz CT molecular complexity index is 734. The zero-order valence-electron chi connectivity index (χ0n) is 16.4. The minimum absolute atomic E-state index is 0.0704. The van der Waals surface area contributed by atoms with E-state index >= 15 is 0 Å². The van der Waals surface area contributed by atoms with Crippen LogP contribution in [0.3, 0.4) is 0 Å². The standard InChI is InChI=1S/C21H27NO6/c1-4-10-25-15(3)21(24)28-14(2)20(23)22-9-5-6-17(22)16-7-8-18-19(13-16)27-12-11-26-18/h4,7-8,13-15,17H,1,5-6,9-12H2,2-3H3. The van der Waals surface area contributed by atoms with Crippen molar-refractivity contribution in [3.8, 4) is 11.5 Å². The van der Waals surface area contributed by atoms with Crippen LogP contribution >= 0.6 is 0 Å². The van der Waals surface area contributed by atoms with Crippen LogP contribution in [0.4, 0.5) is 0 Å². The maximum absolute atomic E-state index is 12.9. The molecule has 7 heteroatoms. The molecule has 0 spiro atoms. The maximum atomic E-state index is 12.9. The van der Waals surface area contributed by atoms with Crippen LogP contribution in [0.25, 0.3) is 0 Å². The minimum Gasteiger partial charge on any atom is -0.486 e. The van der Waals surface area contributed by atoms with E-state index in [2.05, 4.69) is 6.58 Å². The van der Waals surface area contributed by atoms with Gasteiger partial charge in [-0.1, -0.05) is 12.1 Å². The number of ether oxygens (including phenoxy) is 4. The first-order valence-electron chi connectivity index (χ1n) is 9.64. The number of nitrogens with zero attached hydrogens (tertiary/aromatic N) is 1. The molecule has 1 fully saturated rings. The van der Waals surface area contributed by atoms with Crippen LogP contribution in [0.1, 0.15) is 38.3 Å². The molecule has 3 unspecified atom stereocenters. The topological polar surface area (TPSA) is 74.3 Å². The molecular weight excluding hydrogens is 362 g/mol. The zero-order valence-corrected chi connectivity index (χ0v) is 16.4. The third kappa shape index (κ3) is 4.47. The van der Waals surface area contributed by atoms with Gasteiger partial charge in [-0.3, -0.25) is 4.79 Å². The zero-order chi connectivity index (χ0) is 20.1. The fourth-order valence-corrected chi connectivity index (χ4v) is 3.48. The molecule has 1 saturated heterocycles. The largest absolute Gasteiger partial charge is 0.486 e. The average molecular weight is 389 g/mol. The smallest absolute Gasteiger partial charge is 0.335 e. The van der Waals surface area contributed by atoms with Crippen LogP contribution in [0.15, 0.2) is 30.9 Å². The van der Waals surface area contributed by atoms with E-state index in [1.165, 1.54) is 0 Å². The van der Waals surface area contributed by atoms with E-state index in [4.69, 9.17) is 18.9 Å². The Hall–Kier alpha value is -2.54. The summed E-state index contributed by atoms with van der Waals surface area (Å²) in [6.07, 6.45) is 1.68. The van der Waals surface area contributed by atoms with Gasteiger partial charge in [0.25, 0.3) is 5.91 Å². The summed E-state index contributed by atoms with van der Waals surface area (Å²) in [5, 5.41) is 0. The van der Waals surface area contributed by atoms with E-state index in [1.54, 1.807) is 24.8 Å². The lowest BCUT2D eigenvalue weighted by molar-refractivity contribution is -0.167. The van der Waals surface area contributed by atoms with Crippen molar-refractivity contribution in [2.24, 2.45) is 0 Å². The normalized spacial score (nSPS) is 20.4. The number of carbonyl (C=O) groups is 2. The van der Waals surface area contributed by atoms with Gasteiger partial charge >= 0.3 is 5.97 Å². The molecule has 1 aromatic carbocycles. The Balaban J connectivity index is 1.65. The van der Waals surface area contributed by atoms with Gasteiger partial charge in [-0.15, -0.1) is 6.58 Å². The Morgan fingerprint density at radius 1 is 1.25 bits per heavy atom. The first-order chi connectivity index (χ1) is 13.5. The Morgan fingerprint density at radius 3 is 2.75 bits per heavy atom. The lowest BCUT2D eigenvalue weighted by atomic mass is 10.0. The van der Waals surface area contributed by atoms with Crippen LogP contribution < -0.4 is 9.47 Å². The molecular formula is C21H27NO6. The van der Waals surface area contributed by atoms with Gasteiger partial charge in [0.15, 0.2) is 23.7 Å². The molecule has 3 atom stereocenters. The highest BCUT2D eigenvalue weighted by atomic mass is 16.6. The van der Waals surface area contributed by atoms with Gasteiger partial charge in [-0.25, -0.2) is 4.79 Å². The van der Waals surface area contributed by atoms with Crippen molar-refractivity contribution in [2.75, 3.05) is 26.4 Å². The number of hydrogen-bond acceptors (Lipinski definition) is 6. The van der Waals surface area contributed by atoms with Crippen molar-refractivity contribution in [2.45, 2.75) is 44.9 Å². The van der Waals surface area contributed by atoms with Crippen LogP contribution in [-0.4, -0.2) is 55.3 Å². The molecule has 2 aliphatic heterocycles. The van der Waals surface area contributed by atoms with Crippen LogP contribution in [-0.2, 0) is 19.1 Å². The summed E-state index contributed by atoms with van der Waals surface area (Å²) >= 11 is 0. The number of carbonyl (C=O) groups excluding carboxylic acids is 2. The van der Waals surface area contributed by atoms with Gasteiger partial charge in [-0.05, 0) is 44.4 Å². The SMILES string of the molecule is C=CCOC(C)C(=O)OC(C)C(=O)N1CCCC1c1ccc2c(c1)OCCO2. The maximum Gasteiger partial charge on any atom is 0.335 e. The highest BCUT2D eigenvalue weighted by Gasteiger charge is 2.35. The van der Waals surface area contributed by atoms with E-state index in [1.807, 2.05) is 18.2 Å². The summed E-state index contributed by atoms with van der Waals surface area (Å²) in [6.45, 7) is 8.66. The van der Waals surface area contributed by atoms with E-state index in [0.717, 1.165) is 24.2 Å². The molecule has 1 aromatic rings. The first kappa shape index (κ1) is 20.2. The molecule has 152 valence electrons. The predicted octanol–water partition coefficient (Wildman–Crippen LogP) is 2.64. The molecule has 1 amide bonds. The third-order valence-corrected chi connectivity index (χ3v) is 4.92. The number of amides is 1. The van der Waals surface area contributed by atoms with Crippen LogP contribution in [0, 0.1) is 0 Å². The van der Waals surface area contributed by atoms with Crippen LogP contribution in [0.2, 0.25) is 0 Å². The van der Waals surface area contributed by atoms with Crippen molar-refractivity contribution in [3.63, 3.8) is 0 Å². The lowest BCUT2D eigenvalue weighted by Crippen LogP contribution is -2.41. The number of benzene rings is 1. The number of esters is 1. The lowest BCUT2D eigenvalue weighted by Gasteiger charge is -2.29. The summed E-state index contributed by atoms with van der Waals surface area (Å²) < 4.78 is 21.8. The number of fused-ring (bicyclic) bond motifs is 1. The van der Waals surface area contributed by atoms with Crippen LogP contribution in [0.5, 0.6) is 11.5 Å². The van der Waals surface area contributed by atoms with Gasteiger partial charge in [0, 0.05) is 6.54 Å². The molecule has 0 bridgehead atoms. The van der Waals surface area contributed by atoms with E-state index < -0.39 is 18.2 Å². The fourth-order valence-electron chi connectivity index (χ4n) is 3.48. The second-order valence-electron chi connectivity index (χ2n) is 6.94. The van der Waals surface area contributed by atoms with E-state index in [9.17, 15) is 9.59 Å². The van der Waals surface area contributed by atoms with Gasteiger partial charge in [0.2, 0.25) is 0 Å². The number of hydrogen-bond donors (Lipinski definition) is 0. The molecule has 2 heterocycles. The molecule has 28 heavy (non-hydrogen) atoms. The monoisotopic (exact) mass is 389 g/mol. The molecule has 0 N–H and O–H groups in total. The second kappa shape index (κ2) is 9.10. The predicted molar refractivity (Wildman–Crippen MR) is 102 cm³/mol. The molecule has 0 radical (unpaired) electrons. The van der Waals surface area contributed by atoms with Gasteiger partial charge in [0.05, 0.1) is 12.6 Å². The molecule has 2 aliphatic rings. The second-order valence-corrected chi connectivity index (χ2v) is 6.94. The van der Waals surface area contributed by atoms with Crippen molar-refractivity contribution in [3.05, 3.63) is 36.4 Å². The number of likely N-dealkylation sites (tertiary alicyclic amines) is 1. The quantitative estimate of drug-likeness (QED) is 0.527. The van der Waals surface area contributed by atoms with Crippen molar-refractivity contribution >= 4 is 11.9 Å². The van der Waals surface area contributed by atoms with Crippen molar-refractivity contribution < 1.29 is 28.5 Å². The minimum atomic E-state index is -0.875. The van der Waals surface area contributed by atoms with Gasteiger partial charge in [0.1, 0.15) is 13.2 Å². The molecule has 0 saturated carbocycles. The first-order valence-corrected chi connectivity index (χ1v) is 9.64. The summed E-state index contributed by atoms with van der Waals surface area (Å²) in [7, 11) is 0. The highest BCUT2D eigenvalue weighted by Crippen LogP contribution is 2.38. The highest BCUT2D eigenvalue weighted by molar-refractivity contribution is 5.85. The van der Waals surface area contributed by atoms with Gasteiger partial charge in [-0.2, -0.15) is 0 Å². The van der Waals surface area contributed by atoms with E-state index in [-0.39, 0.29) is 18.6 Å². The van der Waals surface area contributed by atoms with Crippen molar-refractivity contribution in [1.82, 2.24) is 4.90 Å². The number of rotatable bonds is 7. The van der Waals surface area contributed by atoms with Gasteiger partial charge < -0.3 is 23.8 Å². The summed E-state index contributed by atoms with van der Waals surface area (Å²) in [5.41, 5.74) is 0.997. The summed E-state index contributed by atoms with van der Waals surface area (Å²) in [4.78, 5) is 26.8. The molecule has 3 rings (SSSR count). The molecule has 0 aliphatic carbocycles. The Labute approximate surface area is 165 Å². The molecule has 0 aromatic heterocycles. The van der Waals surface area contributed by atoms with Crippen molar-refractivity contribution in [1.29, 1.82) is 0 Å². The average Bonchev–Trinajstić information content (AvgIpc) is 3.20. The summed E-state index contributed by atoms with van der Waals surface area (Å²) in [6, 6.07) is 5.71. The third-order valence-electron chi connectivity index (χ3n) is 4.92. The molecule has 7 nitrogen and oxygen atoms in total. The Morgan fingerprint density at radius 2 is 2.00 bits per heavy atom. The summed E-state index contributed by atoms with van der Waals surface area (Å²) in [5.74, 6) is 0.664. The fraction of sp³-hybridized carbons (Fsp3) is 0.524. The van der Waals surface area contributed by atoms with E-state index in [0.29, 0.717) is 25.5 Å².